The van der Waals surface area contributed by atoms with Crippen LogP contribution >= 0.6 is 0 Å². The van der Waals surface area contributed by atoms with E-state index in [4.69, 9.17) is 14.6 Å². The van der Waals surface area contributed by atoms with Crippen LogP contribution in [0.5, 0.6) is 17.4 Å². The Morgan fingerprint density at radius 1 is 1.30 bits per heavy atom. The Kier molecular flexibility index (Phi) is 3.12. The van der Waals surface area contributed by atoms with Crippen LogP contribution in [0.15, 0.2) is 36.5 Å². The minimum Gasteiger partial charge on any atom is -0.454 e. The number of benzene rings is 1. The molecule has 1 aliphatic heterocycles. The molecule has 1 aromatic carbocycles. The van der Waals surface area contributed by atoms with Crippen molar-refractivity contribution in [2.75, 3.05) is 6.79 Å². The minimum absolute atomic E-state index is 0.0951. The highest BCUT2D eigenvalue weighted by Gasteiger charge is 2.15. The van der Waals surface area contributed by atoms with Gasteiger partial charge in [0.2, 0.25) is 12.7 Å². The molecule has 0 fully saturated rings. The number of carboxylic acid groups (broad SMARTS) is 1. The largest absolute Gasteiger partial charge is 0.512 e. The Labute approximate surface area is 114 Å². The number of fused-ring (bicyclic) bond motifs is 1. The van der Waals surface area contributed by atoms with Crippen molar-refractivity contribution in [1.29, 1.82) is 0 Å². The molecule has 0 amide bonds. The molecule has 1 N–H and O–H groups in total. The van der Waals surface area contributed by atoms with E-state index >= 15 is 0 Å². The van der Waals surface area contributed by atoms with Crippen LogP contribution in [-0.4, -0.2) is 23.0 Å². The lowest BCUT2D eigenvalue weighted by molar-refractivity contribution is 0.142. The third kappa shape index (κ3) is 2.49. The van der Waals surface area contributed by atoms with E-state index in [9.17, 15) is 4.79 Å². The van der Waals surface area contributed by atoms with Crippen LogP contribution in [0.2, 0.25) is 0 Å². The highest BCUT2D eigenvalue weighted by atomic mass is 16.7. The van der Waals surface area contributed by atoms with E-state index in [2.05, 4.69) is 9.72 Å². The molecule has 102 valence electrons. The molecule has 0 bridgehead atoms. The summed E-state index contributed by atoms with van der Waals surface area (Å²) in [6, 6.07) is 9.09. The van der Waals surface area contributed by atoms with Gasteiger partial charge in [-0.15, -0.1) is 0 Å². The molecule has 0 spiro atoms. The van der Waals surface area contributed by atoms with E-state index in [-0.39, 0.29) is 12.7 Å². The normalized spacial score (nSPS) is 12.2. The Balaban J connectivity index is 1.86. The number of aromatic nitrogens is 1. The first-order valence-corrected chi connectivity index (χ1v) is 5.95. The molecule has 3 rings (SSSR count). The average molecular weight is 273 g/mol. The van der Waals surface area contributed by atoms with E-state index < -0.39 is 6.16 Å². The van der Waals surface area contributed by atoms with Gasteiger partial charge in [0.15, 0.2) is 11.5 Å². The van der Waals surface area contributed by atoms with Crippen LogP contribution in [0.4, 0.5) is 4.79 Å². The van der Waals surface area contributed by atoms with Crippen LogP contribution in [0, 0.1) is 0 Å². The molecular formula is C14H11NO5. The van der Waals surface area contributed by atoms with Crippen LogP contribution in [-0.2, 0) is 6.42 Å². The summed E-state index contributed by atoms with van der Waals surface area (Å²) in [5.41, 5.74) is 1.64. The van der Waals surface area contributed by atoms with E-state index in [1.54, 1.807) is 12.1 Å². The number of hydrogen-bond acceptors (Lipinski definition) is 5. The van der Waals surface area contributed by atoms with Gasteiger partial charge >= 0.3 is 6.16 Å². The molecule has 0 aliphatic carbocycles. The number of nitrogens with zero attached hydrogens (tertiary/aromatic N) is 1. The molecule has 20 heavy (non-hydrogen) atoms. The van der Waals surface area contributed by atoms with E-state index in [0.29, 0.717) is 23.5 Å². The standard InChI is InChI=1S/C14H11NO5/c16-14(17)20-13-10(2-1-5-15-13)6-9-3-4-11-12(7-9)19-8-18-11/h1-5,7H,6,8H2,(H,16,17). The van der Waals surface area contributed by atoms with Gasteiger partial charge in [-0.2, -0.15) is 0 Å². The number of carbonyl (C=O) groups is 1. The van der Waals surface area contributed by atoms with Crippen LogP contribution in [0.3, 0.4) is 0 Å². The lowest BCUT2D eigenvalue weighted by atomic mass is 10.1. The predicted molar refractivity (Wildman–Crippen MR) is 68.3 cm³/mol. The first-order valence-electron chi connectivity index (χ1n) is 5.95. The summed E-state index contributed by atoms with van der Waals surface area (Å²) in [6.45, 7) is 0.221. The quantitative estimate of drug-likeness (QED) is 0.865. The molecule has 2 aromatic rings. The summed E-state index contributed by atoms with van der Waals surface area (Å²) in [6.07, 6.45) is 0.602. The number of hydrogen-bond donors (Lipinski definition) is 1. The van der Waals surface area contributed by atoms with Crippen LogP contribution in [0.25, 0.3) is 0 Å². The van der Waals surface area contributed by atoms with Crippen molar-refractivity contribution in [2.24, 2.45) is 0 Å². The number of rotatable bonds is 3. The molecule has 0 unspecified atom stereocenters. The average Bonchev–Trinajstić information content (AvgIpc) is 2.88. The fourth-order valence-electron chi connectivity index (χ4n) is 2.00. The van der Waals surface area contributed by atoms with Gasteiger partial charge < -0.3 is 19.3 Å². The van der Waals surface area contributed by atoms with E-state index in [1.807, 2.05) is 18.2 Å². The monoisotopic (exact) mass is 273 g/mol. The highest BCUT2D eigenvalue weighted by molar-refractivity contribution is 5.61. The van der Waals surface area contributed by atoms with Gasteiger partial charge in [0.05, 0.1) is 0 Å². The second-order valence-electron chi connectivity index (χ2n) is 4.20. The zero-order chi connectivity index (χ0) is 13.9. The van der Waals surface area contributed by atoms with Crippen molar-refractivity contribution in [2.45, 2.75) is 6.42 Å². The van der Waals surface area contributed by atoms with Crippen molar-refractivity contribution >= 4 is 6.16 Å². The molecule has 0 saturated heterocycles. The van der Waals surface area contributed by atoms with E-state index in [0.717, 1.165) is 5.56 Å². The Morgan fingerprint density at radius 3 is 3.00 bits per heavy atom. The van der Waals surface area contributed by atoms with Gasteiger partial charge in [-0.1, -0.05) is 12.1 Å². The second-order valence-corrected chi connectivity index (χ2v) is 4.20. The van der Waals surface area contributed by atoms with Gasteiger partial charge in [-0.05, 0) is 23.8 Å². The molecule has 0 radical (unpaired) electrons. The number of pyridine rings is 1. The van der Waals surface area contributed by atoms with Crippen molar-refractivity contribution in [3.05, 3.63) is 47.7 Å². The van der Waals surface area contributed by atoms with E-state index in [1.165, 1.54) is 6.20 Å². The van der Waals surface area contributed by atoms with Gasteiger partial charge in [-0.25, -0.2) is 9.78 Å². The Hall–Kier alpha value is -2.76. The minimum atomic E-state index is -1.38. The van der Waals surface area contributed by atoms with Crippen LogP contribution in [0.1, 0.15) is 11.1 Å². The third-order valence-electron chi connectivity index (χ3n) is 2.87. The van der Waals surface area contributed by atoms with Gasteiger partial charge in [0, 0.05) is 18.2 Å². The third-order valence-corrected chi connectivity index (χ3v) is 2.87. The summed E-state index contributed by atoms with van der Waals surface area (Å²) in [5, 5.41) is 8.69. The summed E-state index contributed by atoms with van der Waals surface area (Å²) in [4.78, 5) is 14.6. The van der Waals surface area contributed by atoms with Crippen molar-refractivity contribution < 1.29 is 24.1 Å². The molecule has 6 nitrogen and oxygen atoms in total. The number of ether oxygens (including phenoxy) is 3. The second kappa shape index (κ2) is 5.08. The molecule has 6 heteroatoms. The summed E-state index contributed by atoms with van der Waals surface area (Å²) in [7, 11) is 0. The SMILES string of the molecule is O=C(O)Oc1ncccc1Cc1ccc2c(c1)OCO2. The highest BCUT2D eigenvalue weighted by Crippen LogP contribution is 2.33. The Bertz CT molecular complexity index is 656. The molecule has 1 aromatic heterocycles. The lowest BCUT2D eigenvalue weighted by Gasteiger charge is -2.07. The smallest absolute Gasteiger partial charge is 0.454 e. The van der Waals surface area contributed by atoms with Crippen molar-refractivity contribution in [3.63, 3.8) is 0 Å². The van der Waals surface area contributed by atoms with Gasteiger partial charge in [0.25, 0.3) is 0 Å². The zero-order valence-electron chi connectivity index (χ0n) is 10.4. The maximum atomic E-state index is 10.6. The first kappa shape index (κ1) is 12.3. The fraction of sp³-hybridized carbons (Fsp3) is 0.143. The maximum Gasteiger partial charge on any atom is 0.512 e. The topological polar surface area (TPSA) is 77.9 Å². The van der Waals surface area contributed by atoms with Crippen molar-refractivity contribution in [1.82, 2.24) is 4.98 Å². The molecule has 1 aliphatic rings. The Morgan fingerprint density at radius 2 is 2.15 bits per heavy atom. The fourth-order valence-corrected chi connectivity index (χ4v) is 2.00. The van der Waals surface area contributed by atoms with Crippen LogP contribution < -0.4 is 14.2 Å². The summed E-state index contributed by atoms with van der Waals surface area (Å²) < 4.78 is 15.2. The zero-order valence-corrected chi connectivity index (χ0v) is 10.4. The van der Waals surface area contributed by atoms with Gasteiger partial charge in [0.1, 0.15) is 0 Å². The summed E-state index contributed by atoms with van der Waals surface area (Å²) in [5.74, 6) is 1.49. The summed E-state index contributed by atoms with van der Waals surface area (Å²) >= 11 is 0. The van der Waals surface area contributed by atoms with Crippen molar-refractivity contribution in [3.8, 4) is 17.4 Å². The molecule has 0 atom stereocenters. The first-order chi connectivity index (χ1) is 9.72. The molecule has 0 saturated carbocycles. The molecule has 2 heterocycles. The predicted octanol–water partition coefficient (Wildman–Crippen LogP) is 2.46. The maximum absolute atomic E-state index is 10.6. The molecular weight excluding hydrogens is 262 g/mol. The van der Waals surface area contributed by atoms with Gasteiger partial charge in [-0.3, -0.25) is 0 Å². The lowest BCUT2D eigenvalue weighted by Crippen LogP contribution is -2.07.